The second kappa shape index (κ2) is 6.72. The summed E-state index contributed by atoms with van der Waals surface area (Å²) in [4.78, 5) is 0. The molecule has 1 aliphatic rings. The maximum absolute atomic E-state index is 12.0. The average molecular weight is 296 g/mol. The van der Waals surface area contributed by atoms with Gasteiger partial charge in [0.15, 0.2) is 9.84 Å². The molecule has 2 unspecified atom stereocenters. The molecule has 3 nitrogen and oxygen atoms in total. The maximum atomic E-state index is 12.0. The van der Waals surface area contributed by atoms with Crippen LogP contribution in [0, 0.1) is 0 Å². The lowest BCUT2D eigenvalue weighted by Gasteiger charge is -2.27. The third-order valence-electron chi connectivity index (χ3n) is 4.12. The molecule has 1 fully saturated rings. The number of unbranched alkanes of at least 4 members (excludes halogenated alkanes) is 1. The van der Waals surface area contributed by atoms with Crippen molar-refractivity contribution in [2.75, 3.05) is 5.75 Å². The van der Waals surface area contributed by atoms with Crippen LogP contribution in [0.2, 0.25) is 0 Å². The Morgan fingerprint density at radius 2 is 1.95 bits per heavy atom. The summed E-state index contributed by atoms with van der Waals surface area (Å²) >= 11 is 0. The van der Waals surface area contributed by atoms with E-state index in [0.717, 1.165) is 37.7 Å². The number of benzene rings is 1. The standard InChI is InChI=1S/C16H24O3S/c1-2-3-6-13-8-10-14(11-9-13)16(17)15-7-4-5-12-20(15,18)19/h8-11,15-17H,2-7,12H2,1H3. The van der Waals surface area contributed by atoms with E-state index < -0.39 is 21.2 Å². The van der Waals surface area contributed by atoms with Gasteiger partial charge in [0.25, 0.3) is 0 Å². The summed E-state index contributed by atoms with van der Waals surface area (Å²) in [6, 6.07) is 7.76. The normalized spacial score (nSPS) is 23.4. The Labute approximate surface area is 121 Å². The summed E-state index contributed by atoms with van der Waals surface area (Å²) in [5, 5.41) is 9.74. The van der Waals surface area contributed by atoms with Gasteiger partial charge in [0.2, 0.25) is 0 Å². The Morgan fingerprint density at radius 3 is 2.55 bits per heavy atom. The van der Waals surface area contributed by atoms with Gasteiger partial charge in [-0.25, -0.2) is 8.42 Å². The largest absolute Gasteiger partial charge is 0.387 e. The molecular formula is C16H24O3S. The van der Waals surface area contributed by atoms with E-state index >= 15 is 0 Å². The Hall–Kier alpha value is -0.870. The molecule has 1 aromatic rings. The van der Waals surface area contributed by atoms with Crippen molar-refractivity contribution < 1.29 is 13.5 Å². The van der Waals surface area contributed by atoms with Gasteiger partial charge in [-0.15, -0.1) is 0 Å². The van der Waals surface area contributed by atoms with Crippen LogP contribution in [-0.4, -0.2) is 24.5 Å². The molecule has 0 aliphatic carbocycles. The Morgan fingerprint density at radius 1 is 1.25 bits per heavy atom. The zero-order valence-corrected chi connectivity index (χ0v) is 12.9. The van der Waals surface area contributed by atoms with E-state index in [1.807, 2.05) is 24.3 Å². The van der Waals surface area contributed by atoms with Gasteiger partial charge in [-0.3, -0.25) is 0 Å². The van der Waals surface area contributed by atoms with Gasteiger partial charge in [0.05, 0.1) is 17.1 Å². The van der Waals surface area contributed by atoms with Gasteiger partial charge < -0.3 is 5.11 Å². The third kappa shape index (κ3) is 3.61. The van der Waals surface area contributed by atoms with Crippen molar-refractivity contribution in [1.82, 2.24) is 0 Å². The SMILES string of the molecule is CCCCc1ccc(C(O)C2CCCCS2(=O)=O)cc1. The molecule has 4 heteroatoms. The molecular weight excluding hydrogens is 272 g/mol. The summed E-state index contributed by atoms with van der Waals surface area (Å²) in [7, 11) is -3.15. The lowest BCUT2D eigenvalue weighted by molar-refractivity contribution is 0.164. The molecule has 1 aliphatic heterocycles. The topological polar surface area (TPSA) is 54.4 Å². The second-order valence-electron chi connectivity index (χ2n) is 5.69. The molecule has 20 heavy (non-hydrogen) atoms. The first-order valence-electron chi connectivity index (χ1n) is 7.53. The number of aryl methyl sites for hydroxylation is 1. The van der Waals surface area contributed by atoms with Crippen molar-refractivity contribution in [3.63, 3.8) is 0 Å². The van der Waals surface area contributed by atoms with E-state index in [1.54, 1.807) is 0 Å². The average Bonchev–Trinajstić information content (AvgIpc) is 2.44. The van der Waals surface area contributed by atoms with Crippen LogP contribution in [0.25, 0.3) is 0 Å². The minimum absolute atomic E-state index is 0.212. The van der Waals surface area contributed by atoms with Gasteiger partial charge in [-0.2, -0.15) is 0 Å². The first-order valence-corrected chi connectivity index (χ1v) is 9.24. The number of sulfone groups is 1. The summed E-state index contributed by atoms with van der Waals surface area (Å²) in [6.07, 6.45) is 4.64. The monoisotopic (exact) mass is 296 g/mol. The highest BCUT2D eigenvalue weighted by atomic mass is 32.2. The number of aliphatic hydroxyl groups is 1. The van der Waals surface area contributed by atoms with Crippen LogP contribution in [0.15, 0.2) is 24.3 Å². The predicted octanol–water partition coefficient (Wildman–Crippen LogP) is 3.03. The van der Waals surface area contributed by atoms with Crippen molar-refractivity contribution in [2.24, 2.45) is 0 Å². The quantitative estimate of drug-likeness (QED) is 0.908. The Bertz CT molecular complexity index is 519. The number of hydrogen-bond donors (Lipinski definition) is 1. The summed E-state index contributed by atoms with van der Waals surface area (Å²) in [5.41, 5.74) is 1.97. The minimum Gasteiger partial charge on any atom is -0.387 e. The van der Waals surface area contributed by atoms with Crippen molar-refractivity contribution >= 4 is 9.84 Å². The van der Waals surface area contributed by atoms with Crippen LogP contribution in [0.5, 0.6) is 0 Å². The van der Waals surface area contributed by atoms with E-state index in [4.69, 9.17) is 0 Å². The Kier molecular flexibility index (Phi) is 5.22. The van der Waals surface area contributed by atoms with Crippen LogP contribution < -0.4 is 0 Å². The molecule has 0 amide bonds. The van der Waals surface area contributed by atoms with Gasteiger partial charge >= 0.3 is 0 Å². The highest BCUT2D eigenvalue weighted by Gasteiger charge is 2.35. The highest BCUT2D eigenvalue weighted by molar-refractivity contribution is 7.92. The van der Waals surface area contributed by atoms with Crippen molar-refractivity contribution in [3.8, 4) is 0 Å². The molecule has 1 heterocycles. The van der Waals surface area contributed by atoms with Gasteiger partial charge in [-0.05, 0) is 36.8 Å². The van der Waals surface area contributed by atoms with Crippen LogP contribution in [0.3, 0.4) is 0 Å². The lowest BCUT2D eigenvalue weighted by Crippen LogP contribution is -2.33. The molecule has 0 bridgehead atoms. The lowest BCUT2D eigenvalue weighted by atomic mass is 9.99. The highest BCUT2D eigenvalue weighted by Crippen LogP contribution is 2.30. The van der Waals surface area contributed by atoms with Gasteiger partial charge in [0.1, 0.15) is 0 Å². The zero-order chi connectivity index (χ0) is 14.6. The van der Waals surface area contributed by atoms with E-state index in [-0.39, 0.29) is 5.75 Å². The van der Waals surface area contributed by atoms with Crippen molar-refractivity contribution in [2.45, 2.75) is 56.8 Å². The molecule has 1 saturated heterocycles. The fourth-order valence-corrected chi connectivity index (χ4v) is 4.80. The van der Waals surface area contributed by atoms with Gasteiger partial charge in [0, 0.05) is 0 Å². The number of aliphatic hydroxyl groups excluding tert-OH is 1. The van der Waals surface area contributed by atoms with E-state index in [1.165, 1.54) is 5.56 Å². The van der Waals surface area contributed by atoms with E-state index in [9.17, 15) is 13.5 Å². The maximum Gasteiger partial charge on any atom is 0.156 e. The fraction of sp³-hybridized carbons (Fsp3) is 0.625. The zero-order valence-electron chi connectivity index (χ0n) is 12.1. The fourth-order valence-electron chi connectivity index (χ4n) is 2.81. The van der Waals surface area contributed by atoms with Gasteiger partial charge in [-0.1, -0.05) is 44.0 Å². The van der Waals surface area contributed by atoms with Crippen LogP contribution >= 0.6 is 0 Å². The van der Waals surface area contributed by atoms with Crippen molar-refractivity contribution in [1.29, 1.82) is 0 Å². The molecule has 1 N–H and O–H groups in total. The molecule has 0 aromatic heterocycles. The number of hydrogen-bond acceptors (Lipinski definition) is 3. The predicted molar refractivity (Wildman–Crippen MR) is 81.4 cm³/mol. The smallest absolute Gasteiger partial charge is 0.156 e. The first-order chi connectivity index (χ1) is 9.54. The summed E-state index contributed by atoms with van der Waals surface area (Å²) < 4.78 is 24.1. The molecule has 0 spiro atoms. The minimum atomic E-state index is -3.15. The molecule has 2 atom stereocenters. The Balaban J connectivity index is 2.10. The first kappa shape index (κ1) is 15.5. The summed E-state index contributed by atoms with van der Waals surface area (Å²) in [6.45, 7) is 2.16. The summed E-state index contributed by atoms with van der Waals surface area (Å²) in [5.74, 6) is 0.212. The molecule has 0 radical (unpaired) electrons. The van der Waals surface area contributed by atoms with E-state index in [0.29, 0.717) is 6.42 Å². The van der Waals surface area contributed by atoms with Crippen LogP contribution in [0.1, 0.15) is 56.3 Å². The second-order valence-corrected chi connectivity index (χ2v) is 8.03. The molecule has 0 saturated carbocycles. The molecule has 112 valence electrons. The van der Waals surface area contributed by atoms with Crippen LogP contribution in [0.4, 0.5) is 0 Å². The third-order valence-corrected chi connectivity index (χ3v) is 6.39. The molecule has 2 rings (SSSR count). The van der Waals surface area contributed by atoms with Crippen molar-refractivity contribution in [3.05, 3.63) is 35.4 Å². The molecule has 1 aromatic carbocycles. The van der Waals surface area contributed by atoms with E-state index in [2.05, 4.69) is 6.92 Å². The van der Waals surface area contributed by atoms with Crippen LogP contribution in [-0.2, 0) is 16.3 Å². The number of rotatable bonds is 5.